The summed E-state index contributed by atoms with van der Waals surface area (Å²) in [4.78, 5) is 0.216. The maximum atomic E-state index is 12.3. The zero-order valence-electron chi connectivity index (χ0n) is 8.30. The molecule has 1 unspecified atom stereocenters. The molecule has 1 fully saturated rings. The third kappa shape index (κ3) is 3.92. The van der Waals surface area contributed by atoms with E-state index in [1.54, 1.807) is 4.90 Å². The summed E-state index contributed by atoms with van der Waals surface area (Å²) in [6, 6.07) is 0.222. The molecule has 0 aromatic heterocycles. The van der Waals surface area contributed by atoms with Crippen molar-refractivity contribution in [3.8, 4) is 0 Å². The molecule has 0 spiro atoms. The summed E-state index contributed by atoms with van der Waals surface area (Å²) in [6.07, 6.45) is -1.25. The molecule has 6 heteroatoms. The molecule has 0 aromatic rings. The fourth-order valence-corrected chi connectivity index (χ4v) is 1.98. The van der Waals surface area contributed by atoms with Gasteiger partial charge in [0.25, 0.3) is 0 Å². The summed E-state index contributed by atoms with van der Waals surface area (Å²) < 4.78 is 36.9. The van der Waals surface area contributed by atoms with Gasteiger partial charge in [-0.1, -0.05) is 22.4 Å². The van der Waals surface area contributed by atoms with Gasteiger partial charge in [0.05, 0.1) is 6.61 Å². The molecule has 90 valence electrons. The average molecular weight is 290 g/mol. The second-order valence-corrected chi connectivity index (χ2v) is 4.92. The summed E-state index contributed by atoms with van der Waals surface area (Å²) >= 11 is 2.64. The average Bonchev–Trinajstić information content (AvgIpc) is 1.99. The second kappa shape index (κ2) is 5.50. The van der Waals surface area contributed by atoms with Crippen molar-refractivity contribution < 1.29 is 18.3 Å². The molecule has 1 rings (SSSR count). The molecule has 0 heterocycles. The highest BCUT2D eigenvalue weighted by molar-refractivity contribution is 9.09. The van der Waals surface area contributed by atoms with Crippen molar-refractivity contribution in [2.45, 2.75) is 36.3 Å². The fourth-order valence-electron chi connectivity index (χ4n) is 1.61. The Bertz CT molecular complexity index is 196. The van der Waals surface area contributed by atoms with E-state index in [-0.39, 0.29) is 19.2 Å². The third-order valence-electron chi connectivity index (χ3n) is 2.73. The topological polar surface area (TPSA) is 23.5 Å². The van der Waals surface area contributed by atoms with Gasteiger partial charge in [-0.2, -0.15) is 13.2 Å². The van der Waals surface area contributed by atoms with Gasteiger partial charge in [0.1, 0.15) is 4.83 Å². The molecule has 1 aliphatic carbocycles. The Morgan fingerprint density at radius 1 is 1.40 bits per heavy atom. The van der Waals surface area contributed by atoms with Gasteiger partial charge in [-0.15, -0.1) is 0 Å². The monoisotopic (exact) mass is 289 g/mol. The molecular weight excluding hydrogens is 275 g/mol. The number of nitrogens with zero attached hydrogens (tertiary/aromatic N) is 1. The Morgan fingerprint density at radius 3 is 2.33 bits per heavy atom. The van der Waals surface area contributed by atoms with E-state index in [0.29, 0.717) is 6.54 Å². The summed E-state index contributed by atoms with van der Waals surface area (Å²) in [5.74, 6) is 0. The SMILES string of the molecule is OCCN(CC(Br)C(F)(F)F)C1CCC1. The van der Waals surface area contributed by atoms with Crippen molar-refractivity contribution in [3.05, 3.63) is 0 Å². The zero-order chi connectivity index (χ0) is 11.5. The van der Waals surface area contributed by atoms with E-state index < -0.39 is 11.0 Å². The van der Waals surface area contributed by atoms with Crippen LogP contribution in [0.15, 0.2) is 0 Å². The first kappa shape index (κ1) is 13.3. The van der Waals surface area contributed by atoms with Crippen LogP contribution >= 0.6 is 15.9 Å². The minimum absolute atomic E-state index is 0.0747. The van der Waals surface area contributed by atoms with Crippen LogP contribution in [0.25, 0.3) is 0 Å². The van der Waals surface area contributed by atoms with Crippen LogP contribution < -0.4 is 0 Å². The molecule has 0 amide bonds. The smallest absolute Gasteiger partial charge is 0.395 e. The number of aliphatic hydroxyl groups is 1. The van der Waals surface area contributed by atoms with Gasteiger partial charge < -0.3 is 5.11 Å². The Labute approximate surface area is 95.6 Å². The molecule has 0 aromatic carbocycles. The first-order chi connectivity index (χ1) is 6.95. The zero-order valence-corrected chi connectivity index (χ0v) is 9.89. The first-order valence-corrected chi connectivity index (χ1v) is 5.92. The minimum atomic E-state index is -4.21. The minimum Gasteiger partial charge on any atom is -0.395 e. The highest BCUT2D eigenvalue weighted by Crippen LogP contribution is 2.30. The van der Waals surface area contributed by atoms with Crippen LogP contribution in [0, 0.1) is 0 Å². The molecule has 1 saturated carbocycles. The molecule has 0 radical (unpaired) electrons. The number of hydrogen-bond acceptors (Lipinski definition) is 2. The van der Waals surface area contributed by atoms with E-state index in [1.165, 1.54) is 0 Å². The Balaban J connectivity index is 2.42. The summed E-state index contributed by atoms with van der Waals surface area (Å²) in [5, 5.41) is 8.78. The molecule has 1 aliphatic rings. The lowest BCUT2D eigenvalue weighted by atomic mass is 9.91. The van der Waals surface area contributed by atoms with Crippen molar-refractivity contribution in [3.63, 3.8) is 0 Å². The van der Waals surface area contributed by atoms with E-state index in [2.05, 4.69) is 15.9 Å². The highest BCUT2D eigenvalue weighted by atomic mass is 79.9. The molecule has 15 heavy (non-hydrogen) atoms. The number of alkyl halides is 4. The maximum absolute atomic E-state index is 12.3. The van der Waals surface area contributed by atoms with E-state index in [4.69, 9.17) is 5.11 Å². The first-order valence-electron chi connectivity index (χ1n) is 5.01. The van der Waals surface area contributed by atoms with Gasteiger partial charge in [-0.25, -0.2) is 0 Å². The Hall–Kier alpha value is 0.190. The fraction of sp³-hybridized carbons (Fsp3) is 1.00. The van der Waals surface area contributed by atoms with E-state index in [0.717, 1.165) is 19.3 Å². The molecule has 0 aliphatic heterocycles. The number of rotatable bonds is 5. The van der Waals surface area contributed by atoms with E-state index >= 15 is 0 Å². The van der Waals surface area contributed by atoms with Crippen LogP contribution in [0.1, 0.15) is 19.3 Å². The van der Waals surface area contributed by atoms with Gasteiger partial charge in [0.15, 0.2) is 0 Å². The van der Waals surface area contributed by atoms with Crippen LogP contribution in [-0.2, 0) is 0 Å². The van der Waals surface area contributed by atoms with Gasteiger partial charge in [-0.3, -0.25) is 4.90 Å². The van der Waals surface area contributed by atoms with Crippen LogP contribution in [-0.4, -0.2) is 46.7 Å². The van der Waals surface area contributed by atoms with Crippen LogP contribution in [0.5, 0.6) is 0 Å². The predicted molar refractivity (Wildman–Crippen MR) is 55.1 cm³/mol. The molecule has 1 atom stereocenters. The predicted octanol–water partition coefficient (Wildman–Crippen LogP) is 2.16. The highest BCUT2D eigenvalue weighted by Gasteiger charge is 2.40. The van der Waals surface area contributed by atoms with Gasteiger partial charge >= 0.3 is 6.18 Å². The van der Waals surface area contributed by atoms with Crippen molar-refractivity contribution in [2.24, 2.45) is 0 Å². The Kier molecular flexibility index (Phi) is 4.86. The number of halogens is 4. The third-order valence-corrected chi connectivity index (χ3v) is 3.54. The number of aliphatic hydroxyl groups excluding tert-OH is 1. The van der Waals surface area contributed by atoms with Gasteiger partial charge in [-0.05, 0) is 12.8 Å². The summed E-state index contributed by atoms with van der Waals surface area (Å²) in [7, 11) is 0. The normalized spacial score (nSPS) is 20.4. The molecule has 0 bridgehead atoms. The van der Waals surface area contributed by atoms with Crippen LogP contribution in [0.4, 0.5) is 13.2 Å². The van der Waals surface area contributed by atoms with Crippen molar-refractivity contribution >= 4 is 15.9 Å². The lowest BCUT2D eigenvalue weighted by Crippen LogP contribution is -2.47. The van der Waals surface area contributed by atoms with Crippen molar-refractivity contribution in [1.29, 1.82) is 0 Å². The van der Waals surface area contributed by atoms with E-state index in [1.807, 2.05) is 0 Å². The van der Waals surface area contributed by atoms with Crippen molar-refractivity contribution in [1.82, 2.24) is 4.90 Å². The van der Waals surface area contributed by atoms with Gasteiger partial charge in [0.2, 0.25) is 0 Å². The Morgan fingerprint density at radius 2 is 2.00 bits per heavy atom. The standard InChI is InChI=1S/C9H15BrF3NO/c10-8(9(11,12)13)6-14(4-5-15)7-2-1-3-7/h7-8,15H,1-6H2. The largest absolute Gasteiger partial charge is 0.402 e. The molecule has 1 N–H and O–H groups in total. The van der Waals surface area contributed by atoms with E-state index in [9.17, 15) is 13.2 Å². The quantitative estimate of drug-likeness (QED) is 0.784. The van der Waals surface area contributed by atoms with Gasteiger partial charge in [0, 0.05) is 19.1 Å². The molecular formula is C9H15BrF3NO. The number of hydrogen-bond donors (Lipinski definition) is 1. The second-order valence-electron chi connectivity index (χ2n) is 3.81. The lowest BCUT2D eigenvalue weighted by molar-refractivity contribution is -0.132. The summed E-state index contributed by atoms with van der Waals surface area (Å²) in [5.41, 5.74) is 0. The van der Waals surface area contributed by atoms with Crippen LogP contribution in [0.2, 0.25) is 0 Å². The lowest BCUT2D eigenvalue weighted by Gasteiger charge is -2.38. The maximum Gasteiger partial charge on any atom is 0.402 e. The summed E-state index contributed by atoms with van der Waals surface area (Å²) in [6.45, 7) is 0.158. The van der Waals surface area contributed by atoms with Crippen molar-refractivity contribution in [2.75, 3.05) is 19.7 Å². The molecule has 2 nitrogen and oxygen atoms in total. The molecule has 0 saturated heterocycles. The van der Waals surface area contributed by atoms with Crippen LogP contribution in [0.3, 0.4) is 0 Å².